The summed E-state index contributed by atoms with van der Waals surface area (Å²) in [5, 5.41) is 3.60. The fourth-order valence-electron chi connectivity index (χ4n) is 2.36. The molecule has 0 aliphatic carbocycles. The fourth-order valence-corrected chi connectivity index (χ4v) is 3.22. The summed E-state index contributed by atoms with van der Waals surface area (Å²) in [6.45, 7) is 4.09. The molecule has 0 radical (unpaired) electrons. The minimum absolute atomic E-state index is 0.0117. The smallest absolute Gasteiger partial charge is 0.234 e. The topological polar surface area (TPSA) is 57.8 Å². The first-order valence-electron chi connectivity index (χ1n) is 7.60. The zero-order valence-electron chi connectivity index (χ0n) is 13.5. The average Bonchev–Trinajstić information content (AvgIpc) is 2.92. The van der Waals surface area contributed by atoms with Gasteiger partial charge in [0, 0.05) is 10.7 Å². The number of hydrogen-bond acceptors (Lipinski definition) is 3. The lowest BCUT2D eigenvalue weighted by molar-refractivity contribution is -0.113. The lowest BCUT2D eigenvalue weighted by atomic mass is 10.1. The molecule has 0 fully saturated rings. The van der Waals surface area contributed by atoms with Gasteiger partial charge in [-0.2, -0.15) is 0 Å². The Hall–Kier alpha value is -1.98. The molecule has 2 aromatic carbocycles. The normalized spacial score (nSPS) is 11.0. The van der Waals surface area contributed by atoms with Gasteiger partial charge in [-0.1, -0.05) is 17.7 Å². The molecule has 3 aromatic rings. The molecular weight excluding hydrogens is 342 g/mol. The first-order valence-corrected chi connectivity index (χ1v) is 9.13. The van der Waals surface area contributed by atoms with Crippen LogP contribution in [0.5, 0.6) is 0 Å². The molecule has 0 atom stereocenters. The lowest BCUT2D eigenvalue weighted by Gasteiger charge is -2.07. The summed E-state index contributed by atoms with van der Waals surface area (Å²) in [5.41, 5.74) is 5.02. The molecule has 6 heteroatoms. The third kappa shape index (κ3) is 4.10. The number of fused-ring (bicyclic) bond motifs is 1. The molecule has 4 nitrogen and oxygen atoms in total. The number of nitrogens with zero attached hydrogens (tertiary/aromatic N) is 1. The van der Waals surface area contributed by atoms with E-state index in [1.165, 1.54) is 22.9 Å². The summed E-state index contributed by atoms with van der Waals surface area (Å²) < 4.78 is 0. The number of aromatic amines is 1. The Kier molecular flexibility index (Phi) is 5.11. The number of aryl methyl sites for hydroxylation is 2. The molecule has 0 spiro atoms. The largest absolute Gasteiger partial charge is 0.341 e. The molecule has 0 unspecified atom stereocenters. The Bertz CT molecular complexity index is 891. The summed E-state index contributed by atoms with van der Waals surface area (Å²) in [6.07, 6.45) is 0. The van der Waals surface area contributed by atoms with Gasteiger partial charge in [-0.3, -0.25) is 4.79 Å². The molecule has 0 aliphatic heterocycles. The van der Waals surface area contributed by atoms with Crippen LogP contribution in [0.15, 0.2) is 36.4 Å². The number of halogens is 1. The van der Waals surface area contributed by atoms with Crippen molar-refractivity contribution < 1.29 is 4.79 Å². The highest BCUT2D eigenvalue weighted by Crippen LogP contribution is 2.20. The van der Waals surface area contributed by atoms with Crippen LogP contribution in [0.1, 0.15) is 17.0 Å². The van der Waals surface area contributed by atoms with Crippen molar-refractivity contribution >= 4 is 46.0 Å². The number of amides is 1. The SMILES string of the molecule is Cc1ccc(NC(=O)CSCc2nc3ccc(Cl)cc3[nH]2)cc1C. The van der Waals surface area contributed by atoms with Gasteiger partial charge in [0.05, 0.1) is 22.5 Å². The van der Waals surface area contributed by atoms with Gasteiger partial charge < -0.3 is 10.3 Å². The predicted molar refractivity (Wildman–Crippen MR) is 102 cm³/mol. The highest BCUT2D eigenvalue weighted by atomic mass is 35.5. The van der Waals surface area contributed by atoms with E-state index in [4.69, 9.17) is 11.6 Å². The molecule has 1 amide bonds. The number of thioether (sulfide) groups is 1. The minimum Gasteiger partial charge on any atom is -0.341 e. The fraction of sp³-hybridized carbons (Fsp3) is 0.222. The van der Waals surface area contributed by atoms with E-state index in [0.717, 1.165) is 22.5 Å². The number of hydrogen-bond donors (Lipinski definition) is 2. The van der Waals surface area contributed by atoms with E-state index in [0.29, 0.717) is 16.5 Å². The molecule has 2 N–H and O–H groups in total. The molecule has 3 rings (SSSR count). The first-order chi connectivity index (χ1) is 11.5. The molecule has 0 aliphatic rings. The van der Waals surface area contributed by atoms with Gasteiger partial charge in [0.15, 0.2) is 0 Å². The number of carbonyl (C=O) groups is 1. The van der Waals surface area contributed by atoms with Crippen LogP contribution in [0.25, 0.3) is 11.0 Å². The Morgan fingerprint density at radius 2 is 2.04 bits per heavy atom. The van der Waals surface area contributed by atoms with Crippen LogP contribution in [-0.2, 0) is 10.5 Å². The molecule has 1 heterocycles. The van der Waals surface area contributed by atoms with E-state index in [-0.39, 0.29) is 5.91 Å². The second kappa shape index (κ2) is 7.28. The quantitative estimate of drug-likeness (QED) is 0.693. The molecule has 0 saturated carbocycles. The van der Waals surface area contributed by atoms with Crippen LogP contribution in [0.2, 0.25) is 5.02 Å². The summed E-state index contributed by atoms with van der Waals surface area (Å²) in [7, 11) is 0. The van der Waals surface area contributed by atoms with Crippen molar-refractivity contribution in [2.24, 2.45) is 0 Å². The van der Waals surface area contributed by atoms with E-state index >= 15 is 0 Å². The monoisotopic (exact) mass is 359 g/mol. The van der Waals surface area contributed by atoms with Gasteiger partial charge in [0.25, 0.3) is 0 Å². The van der Waals surface area contributed by atoms with Crippen LogP contribution in [0, 0.1) is 13.8 Å². The Balaban J connectivity index is 1.53. The van der Waals surface area contributed by atoms with E-state index in [2.05, 4.69) is 22.2 Å². The van der Waals surface area contributed by atoms with Gasteiger partial charge in [0.1, 0.15) is 5.82 Å². The van der Waals surface area contributed by atoms with Crippen molar-refractivity contribution in [2.75, 3.05) is 11.1 Å². The van der Waals surface area contributed by atoms with Gasteiger partial charge in [-0.25, -0.2) is 4.98 Å². The number of benzene rings is 2. The Morgan fingerprint density at radius 3 is 2.83 bits per heavy atom. The lowest BCUT2D eigenvalue weighted by Crippen LogP contribution is -2.14. The second-order valence-electron chi connectivity index (χ2n) is 5.68. The van der Waals surface area contributed by atoms with Crippen molar-refractivity contribution in [3.05, 3.63) is 58.4 Å². The number of anilines is 1. The molecule has 1 aromatic heterocycles. The van der Waals surface area contributed by atoms with Crippen molar-refractivity contribution in [3.63, 3.8) is 0 Å². The van der Waals surface area contributed by atoms with E-state index in [9.17, 15) is 4.79 Å². The number of aromatic nitrogens is 2. The molecule has 24 heavy (non-hydrogen) atoms. The second-order valence-corrected chi connectivity index (χ2v) is 7.11. The first kappa shape index (κ1) is 16.9. The predicted octanol–water partition coefficient (Wildman–Crippen LogP) is 4.71. The third-order valence-electron chi connectivity index (χ3n) is 3.76. The summed E-state index contributed by atoms with van der Waals surface area (Å²) >= 11 is 7.49. The van der Waals surface area contributed by atoms with Gasteiger partial charge in [0.2, 0.25) is 5.91 Å². The third-order valence-corrected chi connectivity index (χ3v) is 4.93. The van der Waals surface area contributed by atoms with Crippen molar-refractivity contribution in [1.82, 2.24) is 9.97 Å². The van der Waals surface area contributed by atoms with E-state index in [1.807, 2.05) is 43.3 Å². The highest BCUT2D eigenvalue weighted by molar-refractivity contribution is 7.99. The Labute approximate surface area is 150 Å². The molecule has 0 saturated heterocycles. The van der Waals surface area contributed by atoms with E-state index < -0.39 is 0 Å². The van der Waals surface area contributed by atoms with Crippen LogP contribution in [0.3, 0.4) is 0 Å². The number of rotatable bonds is 5. The molecular formula is C18H18ClN3OS. The van der Waals surface area contributed by atoms with Crippen LogP contribution in [0.4, 0.5) is 5.69 Å². The summed E-state index contributed by atoms with van der Waals surface area (Å²) in [5.74, 6) is 1.86. The molecule has 0 bridgehead atoms. The van der Waals surface area contributed by atoms with Crippen LogP contribution < -0.4 is 5.32 Å². The van der Waals surface area contributed by atoms with Gasteiger partial charge in [-0.15, -0.1) is 11.8 Å². The van der Waals surface area contributed by atoms with Crippen molar-refractivity contribution in [1.29, 1.82) is 0 Å². The van der Waals surface area contributed by atoms with Gasteiger partial charge >= 0.3 is 0 Å². The van der Waals surface area contributed by atoms with Crippen LogP contribution >= 0.6 is 23.4 Å². The van der Waals surface area contributed by atoms with Crippen molar-refractivity contribution in [3.8, 4) is 0 Å². The minimum atomic E-state index is -0.0117. The maximum absolute atomic E-state index is 12.0. The number of nitrogens with one attached hydrogen (secondary N) is 2. The van der Waals surface area contributed by atoms with E-state index in [1.54, 1.807) is 0 Å². The number of carbonyl (C=O) groups excluding carboxylic acids is 1. The number of imidazole rings is 1. The van der Waals surface area contributed by atoms with Crippen molar-refractivity contribution in [2.45, 2.75) is 19.6 Å². The van der Waals surface area contributed by atoms with Crippen LogP contribution in [-0.4, -0.2) is 21.6 Å². The number of H-pyrrole nitrogens is 1. The maximum Gasteiger partial charge on any atom is 0.234 e. The molecule has 124 valence electrons. The van der Waals surface area contributed by atoms with Gasteiger partial charge in [-0.05, 0) is 55.3 Å². The summed E-state index contributed by atoms with van der Waals surface area (Å²) in [6, 6.07) is 11.5. The average molecular weight is 360 g/mol. The Morgan fingerprint density at radius 1 is 1.21 bits per heavy atom. The maximum atomic E-state index is 12.0. The zero-order chi connectivity index (χ0) is 17.1. The zero-order valence-corrected chi connectivity index (χ0v) is 15.1. The highest BCUT2D eigenvalue weighted by Gasteiger charge is 2.07. The standard InChI is InChI=1S/C18H18ClN3OS/c1-11-3-5-14(7-12(11)2)20-18(23)10-24-9-17-21-15-6-4-13(19)8-16(15)22-17/h3-8H,9-10H2,1-2H3,(H,20,23)(H,21,22). The summed E-state index contributed by atoms with van der Waals surface area (Å²) in [4.78, 5) is 19.8.